The van der Waals surface area contributed by atoms with Crippen molar-refractivity contribution in [3.05, 3.63) is 58.7 Å². The molecule has 1 aliphatic rings. The molecular formula is C27H45N5O4+4. The zero-order valence-electron chi connectivity index (χ0n) is 21.5. The number of carboxylic acids is 1. The van der Waals surface area contributed by atoms with Crippen LogP contribution in [0.5, 0.6) is 11.5 Å². The number of carbonyl (C=O) groups is 1. The summed E-state index contributed by atoms with van der Waals surface area (Å²) in [5.74, 6) is -0.351. The predicted octanol–water partition coefficient (Wildman–Crippen LogP) is -5.82. The van der Waals surface area contributed by atoms with Crippen molar-refractivity contribution < 1.29 is 46.3 Å². The Labute approximate surface area is 213 Å². The normalized spacial score (nSPS) is 20.9. The van der Waals surface area contributed by atoms with Crippen molar-refractivity contribution in [2.75, 3.05) is 58.9 Å². The first kappa shape index (κ1) is 27.9. The van der Waals surface area contributed by atoms with Crippen molar-refractivity contribution in [1.82, 2.24) is 0 Å². The molecular weight excluding hydrogens is 458 g/mol. The van der Waals surface area contributed by atoms with Crippen LogP contribution in [0.3, 0.4) is 0 Å². The van der Waals surface area contributed by atoms with Gasteiger partial charge in [-0.3, -0.25) is 0 Å². The number of rotatable bonds is 11. The predicted molar refractivity (Wildman–Crippen MR) is 133 cm³/mol. The van der Waals surface area contributed by atoms with E-state index in [1.165, 1.54) is 25.8 Å². The van der Waals surface area contributed by atoms with Gasteiger partial charge < -0.3 is 46.3 Å². The van der Waals surface area contributed by atoms with Crippen LogP contribution in [-0.2, 0) is 30.7 Å². The zero-order valence-corrected chi connectivity index (χ0v) is 21.5. The molecule has 1 aliphatic heterocycles. The maximum atomic E-state index is 11.1. The number of carbonyl (C=O) groups excluding carboxylic acids is 1. The number of phenolic OH excluding ortho intramolecular Hbond substituents is 2. The van der Waals surface area contributed by atoms with Crippen LogP contribution in [0.4, 0.5) is 0 Å². The van der Waals surface area contributed by atoms with Crippen molar-refractivity contribution in [1.29, 1.82) is 0 Å². The highest BCUT2D eigenvalue weighted by Crippen LogP contribution is 2.18. The Kier molecular flexibility index (Phi) is 11.0. The van der Waals surface area contributed by atoms with Crippen LogP contribution < -0.4 is 31.3 Å². The molecule has 2 unspecified atom stereocenters. The van der Waals surface area contributed by atoms with Crippen LogP contribution >= 0.6 is 0 Å². The van der Waals surface area contributed by atoms with Gasteiger partial charge in [0.2, 0.25) is 0 Å². The van der Waals surface area contributed by atoms with Crippen LogP contribution in [0.25, 0.3) is 0 Å². The summed E-state index contributed by atoms with van der Waals surface area (Å²) in [5, 5.41) is 32.2. The Hall–Kier alpha value is -2.69. The van der Waals surface area contributed by atoms with Crippen molar-refractivity contribution in [2.45, 2.75) is 32.4 Å². The van der Waals surface area contributed by atoms with Gasteiger partial charge in [-0.05, 0) is 35.4 Å². The van der Waals surface area contributed by atoms with Crippen molar-refractivity contribution in [3.63, 3.8) is 0 Å². The van der Waals surface area contributed by atoms with Gasteiger partial charge in [0.1, 0.15) is 63.9 Å². The average molecular weight is 504 g/mol. The molecule has 0 aliphatic carbocycles. The summed E-state index contributed by atoms with van der Waals surface area (Å²) >= 11 is 0. The summed E-state index contributed by atoms with van der Waals surface area (Å²) in [4.78, 5) is 15.1. The second-order valence-electron chi connectivity index (χ2n) is 10.1. The number of quaternary nitrogens is 5. The summed E-state index contributed by atoms with van der Waals surface area (Å²) in [6, 6.07) is 11.7. The molecule has 0 spiro atoms. The second kappa shape index (κ2) is 14.2. The maximum absolute atomic E-state index is 11.1. The number of nitrogens with one attached hydrogen (secondary N) is 3. The van der Waals surface area contributed by atoms with E-state index in [2.05, 4.69) is 23.6 Å². The van der Waals surface area contributed by atoms with Gasteiger partial charge in [-0.25, -0.2) is 0 Å². The van der Waals surface area contributed by atoms with Crippen LogP contribution in [0.2, 0.25) is 0 Å². The molecule has 0 amide bonds. The zero-order chi connectivity index (χ0) is 25.9. The monoisotopic (exact) mass is 503 g/mol. The molecule has 1 saturated heterocycles. The van der Waals surface area contributed by atoms with Crippen molar-refractivity contribution in [3.8, 4) is 11.5 Å². The van der Waals surface area contributed by atoms with Gasteiger partial charge in [-0.15, -0.1) is 0 Å². The number of aliphatic carboxylic acids is 1. The molecule has 36 heavy (non-hydrogen) atoms. The molecule has 0 bridgehead atoms. The molecule has 11 N–H and O–H groups in total. The van der Waals surface area contributed by atoms with Gasteiger partial charge in [0.05, 0.1) is 19.6 Å². The molecule has 2 aromatic carbocycles. The van der Waals surface area contributed by atoms with Crippen LogP contribution in [0.1, 0.15) is 28.7 Å². The Balaban J connectivity index is 1.76. The number of carboxylic acid groups (broad SMARTS) is 1. The number of hydrogen-bond donors (Lipinski definition) is 7. The Morgan fingerprint density at radius 3 is 1.56 bits per heavy atom. The molecule has 0 saturated carbocycles. The van der Waals surface area contributed by atoms with E-state index in [0.717, 1.165) is 89.4 Å². The third kappa shape index (κ3) is 8.76. The third-order valence-electron chi connectivity index (χ3n) is 7.28. The van der Waals surface area contributed by atoms with E-state index >= 15 is 0 Å². The highest BCUT2D eigenvalue weighted by atomic mass is 16.4. The fourth-order valence-electron chi connectivity index (χ4n) is 5.14. The largest absolute Gasteiger partial charge is 0.550 e. The van der Waals surface area contributed by atoms with Gasteiger partial charge >= 0.3 is 0 Å². The lowest BCUT2D eigenvalue weighted by atomic mass is 10.1. The maximum Gasteiger partial charge on any atom is 0.127 e. The van der Waals surface area contributed by atoms with E-state index in [9.17, 15) is 20.1 Å². The molecule has 0 aromatic heterocycles. The van der Waals surface area contributed by atoms with E-state index in [0.29, 0.717) is 18.0 Å². The van der Waals surface area contributed by atoms with E-state index in [-0.39, 0.29) is 6.42 Å². The second-order valence-corrected chi connectivity index (χ2v) is 10.1. The standard InChI is InChI=1S/C27H41N5O4/c28-8-5-21-1-3-25(33)23(17-21)19-31-13-11-30(10-7-27(35)36)12-14-32(16-15-31)20-24-18-22(6-9-29)2-4-26(24)34/h1-4,17-18,33-34H,5-16,19-20,28-29H2,(H,35,36)/p+4. The summed E-state index contributed by atoms with van der Waals surface area (Å²) in [6.07, 6.45) is 1.83. The van der Waals surface area contributed by atoms with Gasteiger partial charge in [0.15, 0.2) is 0 Å². The lowest BCUT2D eigenvalue weighted by molar-refractivity contribution is -0.968. The molecule has 3 rings (SSSR count). The molecule has 2 atom stereocenters. The first-order chi connectivity index (χ1) is 17.4. The highest BCUT2D eigenvalue weighted by molar-refractivity contribution is 5.64. The van der Waals surface area contributed by atoms with Gasteiger partial charge in [-0.1, -0.05) is 12.1 Å². The molecule has 0 radical (unpaired) electrons. The molecule has 198 valence electrons. The minimum Gasteiger partial charge on any atom is -0.550 e. The summed E-state index contributed by atoms with van der Waals surface area (Å²) < 4.78 is 0. The SMILES string of the molecule is [NH3+]CCc1ccc(O)c(C[NH+]2CC[NH+](CCC(=O)[O-])CC[NH+](Cc3cc(CC[NH3+])ccc3O)CC2)c1. The van der Waals surface area contributed by atoms with Crippen LogP contribution in [-0.4, -0.2) is 75.1 Å². The lowest BCUT2D eigenvalue weighted by Crippen LogP contribution is -3.20. The Morgan fingerprint density at radius 2 is 1.17 bits per heavy atom. The number of aromatic hydroxyl groups is 2. The fraction of sp³-hybridized carbons (Fsp3) is 0.519. The third-order valence-corrected chi connectivity index (χ3v) is 7.28. The first-order valence-corrected chi connectivity index (χ1v) is 13.3. The smallest absolute Gasteiger partial charge is 0.127 e. The quantitative estimate of drug-likeness (QED) is 0.164. The first-order valence-electron chi connectivity index (χ1n) is 13.3. The Morgan fingerprint density at radius 1 is 0.750 bits per heavy atom. The minimum absolute atomic E-state index is 0.0573. The average Bonchev–Trinajstić information content (AvgIpc) is 2.93. The molecule has 9 heteroatoms. The van der Waals surface area contributed by atoms with E-state index in [1.54, 1.807) is 12.1 Å². The molecule has 1 heterocycles. The lowest BCUT2D eigenvalue weighted by Gasteiger charge is -2.22. The summed E-state index contributed by atoms with van der Waals surface area (Å²) in [7, 11) is 0. The fourth-order valence-corrected chi connectivity index (χ4v) is 5.14. The van der Waals surface area contributed by atoms with Crippen LogP contribution in [0.15, 0.2) is 36.4 Å². The summed E-state index contributed by atoms with van der Waals surface area (Å²) in [6.45, 7) is 9.05. The van der Waals surface area contributed by atoms with E-state index in [4.69, 9.17) is 0 Å². The van der Waals surface area contributed by atoms with E-state index in [1.807, 2.05) is 12.1 Å². The summed E-state index contributed by atoms with van der Waals surface area (Å²) in [5.41, 5.74) is 12.2. The molecule has 2 aromatic rings. The Bertz CT molecular complexity index is 917. The van der Waals surface area contributed by atoms with Crippen LogP contribution in [0, 0.1) is 0 Å². The van der Waals surface area contributed by atoms with Crippen molar-refractivity contribution >= 4 is 5.97 Å². The number of phenols is 2. The molecule has 9 nitrogen and oxygen atoms in total. The van der Waals surface area contributed by atoms with E-state index < -0.39 is 5.97 Å². The number of hydrogen-bond acceptors (Lipinski definition) is 4. The topological polar surface area (TPSA) is 149 Å². The van der Waals surface area contributed by atoms with Gasteiger partial charge in [-0.2, -0.15) is 0 Å². The van der Waals surface area contributed by atoms with Gasteiger partial charge in [0, 0.05) is 36.4 Å². The van der Waals surface area contributed by atoms with Gasteiger partial charge in [0.25, 0.3) is 0 Å². The number of benzene rings is 2. The molecule has 1 fully saturated rings. The minimum atomic E-state index is -1.00. The highest BCUT2D eigenvalue weighted by Gasteiger charge is 2.24. The van der Waals surface area contributed by atoms with Crippen molar-refractivity contribution in [2.24, 2.45) is 0 Å².